The molecular formula is C28H26FNO7. The highest BCUT2D eigenvalue weighted by Gasteiger charge is 2.47. The van der Waals surface area contributed by atoms with E-state index in [9.17, 15) is 19.1 Å². The smallest absolute Gasteiger partial charge is 0.300 e. The number of benzene rings is 3. The van der Waals surface area contributed by atoms with Crippen molar-refractivity contribution in [3.63, 3.8) is 0 Å². The molecule has 192 valence electrons. The van der Waals surface area contributed by atoms with Crippen molar-refractivity contribution in [2.75, 3.05) is 32.8 Å². The molecule has 0 spiro atoms. The van der Waals surface area contributed by atoms with E-state index < -0.39 is 23.5 Å². The van der Waals surface area contributed by atoms with Crippen molar-refractivity contribution >= 4 is 23.1 Å². The van der Waals surface area contributed by atoms with Gasteiger partial charge in [-0.25, -0.2) is 4.39 Å². The summed E-state index contributed by atoms with van der Waals surface area (Å²) >= 11 is 0. The molecule has 1 unspecified atom stereocenters. The monoisotopic (exact) mass is 507 g/mol. The Hall–Kier alpha value is -4.53. The number of aliphatic hydroxyl groups is 1. The van der Waals surface area contributed by atoms with Gasteiger partial charge in [0.2, 0.25) is 5.75 Å². The van der Waals surface area contributed by atoms with E-state index in [1.165, 1.54) is 50.5 Å². The van der Waals surface area contributed by atoms with Crippen LogP contribution in [0.1, 0.15) is 24.1 Å². The number of carbonyl (C=O) groups is 2. The normalized spacial score (nSPS) is 16.6. The van der Waals surface area contributed by atoms with E-state index >= 15 is 0 Å². The van der Waals surface area contributed by atoms with Gasteiger partial charge in [-0.3, -0.25) is 14.5 Å². The van der Waals surface area contributed by atoms with E-state index in [0.29, 0.717) is 40.7 Å². The fourth-order valence-electron chi connectivity index (χ4n) is 4.31. The van der Waals surface area contributed by atoms with Crippen molar-refractivity contribution in [3.8, 4) is 23.0 Å². The summed E-state index contributed by atoms with van der Waals surface area (Å²) in [7, 11) is 4.34. The number of methoxy groups -OCH3 is 3. The molecule has 8 nitrogen and oxygen atoms in total. The lowest BCUT2D eigenvalue weighted by Gasteiger charge is -2.26. The van der Waals surface area contributed by atoms with E-state index in [0.717, 1.165) is 0 Å². The first-order valence-corrected chi connectivity index (χ1v) is 11.4. The van der Waals surface area contributed by atoms with Gasteiger partial charge in [-0.2, -0.15) is 0 Å². The number of hydrogen-bond donors (Lipinski definition) is 1. The average molecular weight is 508 g/mol. The van der Waals surface area contributed by atoms with Crippen LogP contribution in [0.4, 0.5) is 10.1 Å². The molecule has 3 aromatic carbocycles. The summed E-state index contributed by atoms with van der Waals surface area (Å²) in [6.45, 7) is 2.32. The number of nitrogens with zero attached hydrogens (tertiary/aromatic N) is 1. The van der Waals surface area contributed by atoms with Gasteiger partial charge in [0.05, 0.1) is 39.6 Å². The molecule has 9 heteroatoms. The highest BCUT2D eigenvalue weighted by molar-refractivity contribution is 6.51. The second kappa shape index (κ2) is 10.6. The lowest BCUT2D eigenvalue weighted by Crippen LogP contribution is -2.29. The molecule has 1 N–H and O–H groups in total. The molecule has 1 amide bonds. The summed E-state index contributed by atoms with van der Waals surface area (Å²) in [5.74, 6) is -1.15. The minimum atomic E-state index is -1.08. The molecule has 1 aliphatic rings. The molecule has 0 saturated carbocycles. The zero-order chi connectivity index (χ0) is 26.7. The second-order valence-corrected chi connectivity index (χ2v) is 8.06. The predicted octanol–water partition coefficient (Wildman–Crippen LogP) is 4.88. The van der Waals surface area contributed by atoms with Crippen LogP contribution in [-0.4, -0.2) is 44.7 Å². The van der Waals surface area contributed by atoms with Gasteiger partial charge >= 0.3 is 0 Å². The number of Topliss-reactive ketones (excluding diaryl/α,β-unsaturated/α-hetero) is 1. The fraction of sp³-hybridized carbons (Fsp3) is 0.214. The molecule has 1 saturated heterocycles. The van der Waals surface area contributed by atoms with Crippen molar-refractivity contribution in [1.82, 2.24) is 0 Å². The van der Waals surface area contributed by atoms with E-state index in [4.69, 9.17) is 18.9 Å². The van der Waals surface area contributed by atoms with Crippen LogP contribution in [0.3, 0.4) is 0 Å². The van der Waals surface area contributed by atoms with Crippen molar-refractivity contribution in [2.24, 2.45) is 0 Å². The van der Waals surface area contributed by atoms with Crippen molar-refractivity contribution in [2.45, 2.75) is 13.0 Å². The molecule has 3 aromatic rings. The zero-order valence-electron chi connectivity index (χ0n) is 20.8. The Balaban J connectivity index is 1.96. The van der Waals surface area contributed by atoms with Gasteiger partial charge < -0.3 is 24.1 Å². The standard InChI is InChI=1S/C28H26FNO7/c1-5-37-20-12-6-16(7-13-20)25(31)23-24(17-14-21(34-2)27(36-4)22(15-17)35-3)30(28(33)26(23)32)19-10-8-18(29)9-11-19/h6-15,24,31H,5H2,1-4H3/b25-23+. The van der Waals surface area contributed by atoms with Crippen LogP contribution < -0.4 is 23.8 Å². The molecular weight excluding hydrogens is 481 g/mol. The van der Waals surface area contributed by atoms with E-state index in [1.807, 2.05) is 6.92 Å². The van der Waals surface area contributed by atoms with Gasteiger partial charge in [0.1, 0.15) is 17.3 Å². The van der Waals surface area contributed by atoms with Crippen LogP contribution in [0.5, 0.6) is 23.0 Å². The van der Waals surface area contributed by atoms with Gasteiger partial charge in [-0.05, 0) is 73.2 Å². The maximum Gasteiger partial charge on any atom is 0.300 e. The number of rotatable bonds is 8. The molecule has 0 aliphatic carbocycles. The third-order valence-electron chi connectivity index (χ3n) is 5.99. The van der Waals surface area contributed by atoms with E-state index in [1.54, 1.807) is 36.4 Å². The number of anilines is 1. The Bertz CT molecular complexity index is 1320. The van der Waals surface area contributed by atoms with E-state index in [2.05, 4.69) is 0 Å². The van der Waals surface area contributed by atoms with Crippen LogP contribution in [0.2, 0.25) is 0 Å². The number of amides is 1. The molecule has 37 heavy (non-hydrogen) atoms. The summed E-state index contributed by atoms with van der Waals surface area (Å²) < 4.78 is 35.5. The van der Waals surface area contributed by atoms with Crippen molar-refractivity contribution in [1.29, 1.82) is 0 Å². The minimum Gasteiger partial charge on any atom is -0.507 e. The van der Waals surface area contributed by atoms with Crippen LogP contribution in [0.15, 0.2) is 66.2 Å². The van der Waals surface area contributed by atoms with Crippen molar-refractivity contribution < 1.29 is 38.0 Å². The summed E-state index contributed by atoms with van der Waals surface area (Å²) in [6.07, 6.45) is 0. The summed E-state index contributed by atoms with van der Waals surface area (Å²) in [5.41, 5.74) is 0.851. The Morgan fingerprint density at radius 2 is 1.51 bits per heavy atom. The lowest BCUT2D eigenvalue weighted by atomic mass is 9.94. The maximum atomic E-state index is 13.7. The third kappa shape index (κ3) is 4.67. The van der Waals surface area contributed by atoms with E-state index in [-0.39, 0.29) is 17.0 Å². The SMILES string of the molecule is CCOc1ccc(/C(O)=C2\C(=O)C(=O)N(c3ccc(F)cc3)C2c2cc(OC)c(OC)c(OC)c2)cc1. The summed E-state index contributed by atoms with van der Waals surface area (Å²) in [4.78, 5) is 27.9. The van der Waals surface area contributed by atoms with Gasteiger partial charge in [0, 0.05) is 11.3 Å². The predicted molar refractivity (Wildman–Crippen MR) is 135 cm³/mol. The molecule has 0 radical (unpaired) electrons. The first-order valence-electron chi connectivity index (χ1n) is 11.4. The number of halogens is 1. The fourth-order valence-corrected chi connectivity index (χ4v) is 4.31. The maximum absolute atomic E-state index is 13.7. The summed E-state index contributed by atoms with van der Waals surface area (Å²) in [5, 5.41) is 11.3. The Kier molecular flexibility index (Phi) is 7.33. The van der Waals surface area contributed by atoms with Gasteiger partial charge in [0.25, 0.3) is 11.7 Å². The molecule has 0 aromatic heterocycles. The molecule has 1 fully saturated rings. The average Bonchev–Trinajstić information content (AvgIpc) is 3.18. The molecule has 1 aliphatic heterocycles. The number of ether oxygens (including phenoxy) is 4. The quantitative estimate of drug-likeness (QED) is 0.264. The van der Waals surface area contributed by atoms with Gasteiger partial charge in [0.15, 0.2) is 11.5 Å². The number of hydrogen-bond acceptors (Lipinski definition) is 7. The Labute approximate surface area is 213 Å². The zero-order valence-corrected chi connectivity index (χ0v) is 20.8. The minimum absolute atomic E-state index is 0.146. The number of carbonyl (C=O) groups excluding carboxylic acids is 2. The highest BCUT2D eigenvalue weighted by atomic mass is 19.1. The van der Waals surface area contributed by atoms with Crippen LogP contribution in [-0.2, 0) is 9.59 Å². The molecule has 4 rings (SSSR count). The first-order chi connectivity index (χ1) is 17.8. The Morgan fingerprint density at radius 3 is 2.03 bits per heavy atom. The Morgan fingerprint density at radius 1 is 0.919 bits per heavy atom. The second-order valence-electron chi connectivity index (χ2n) is 8.06. The first kappa shape index (κ1) is 25.6. The molecule has 1 heterocycles. The lowest BCUT2D eigenvalue weighted by molar-refractivity contribution is -0.132. The van der Waals surface area contributed by atoms with Crippen LogP contribution in [0.25, 0.3) is 5.76 Å². The van der Waals surface area contributed by atoms with Gasteiger partial charge in [-0.15, -0.1) is 0 Å². The largest absolute Gasteiger partial charge is 0.507 e. The molecule has 0 bridgehead atoms. The molecule has 1 atom stereocenters. The van der Waals surface area contributed by atoms with Crippen molar-refractivity contribution in [3.05, 3.63) is 83.2 Å². The topological polar surface area (TPSA) is 94.5 Å². The highest BCUT2D eigenvalue weighted by Crippen LogP contribution is 2.47. The third-order valence-corrected chi connectivity index (χ3v) is 5.99. The van der Waals surface area contributed by atoms with Crippen LogP contribution >= 0.6 is 0 Å². The number of ketones is 1. The number of aliphatic hydroxyl groups excluding tert-OH is 1. The summed E-state index contributed by atoms with van der Waals surface area (Å²) in [6, 6.07) is 13.8. The van der Waals surface area contributed by atoms with Crippen LogP contribution in [0, 0.1) is 5.82 Å². The van der Waals surface area contributed by atoms with Gasteiger partial charge in [-0.1, -0.05) is 0 Å².